The summed E-state index contributed by atoms with van der Waals surface area (Å²) in [6.07, 6.45) is 0. The highest BCUT2D eigenvalue weighted by Crippen LogP contribution is 2.48. The van der Waals surface area contributed by atoms with Gasteiger partial charge in [-0.05, 0) is 102 Å². The van der Waals surface area contributed by atoms with E-state index in [1.165, 1.54) is 28.4 Å². The van der Waals surface area contributed by atoms with Gasteiger partial charge in [-0.25, -0.2) is 19.2 Å². The van der Waals surface area contributed by atoms with Gasteiger partial charge in [0.1, 0.15) is 0 Å². The smallest absolute Gasteiger partial charge is 0.343 e. The number of carbonyl (C=O) groups excluding carboxylic acids is 4. The minimum atomic E-state index is -0.621. The molecule has 0 amide bonds. The average molecular weight is 1010 g/mol. The molecule has 0 N–H and O–H groups in total. The van der Waals surface area contributed by atoms with Crippen LogP contribution >= 0.6 is 90.4 Å². The Morgan fingerprint density at radius 1 is 0.525 bits per heavy atom. The van der Waals surface area contributed by atoms with E-state index >= 15 is 0 Å². The van der Waals surface area contributed by atoms with Crippen LogP contribution in [-0.2, 0) is 38.1 Å². The molecule has 0 aliphatic rings. The molecule has 2 rings (SSSR count). The van der Waals surface area contributed by atoms with Gasteiger partial charge in [-0.2, -0.15) is 0 Å². The van der Waals surface area contributed by atoms with Gasteiger partial charge in [-0.15, -0.1) is 0 Å². The van der Waals surface area contributed by atoms with Crippen molar-refractivity contribution in [1.29, 1.82) is 0 Å². The van der Waals surface area contributed by atoms with E-state index < -0.39 is 37.1 Å². The third-order valence-corrected chi connectivity index (χ3v) is 8.56. The molecule has 0 bridgehead atoms. The van der Waals surface area contributed by atoms with Gasteiger partial charge in [0.05, 0.1) is 35.6 Å². The number of carbonyl (C=O) groups is 4. The first kappa shape index (κ1) is 34.6. The van der Waals surface area contributed by atoms with Gasteiger partial charge >= 0.3 is 23.9 Å². The Kier molecular flexibility index (Phi) is 14.5. The first-order chi connectivity index (χ1) is 19.0. The summed E-state index contributed by atoms with van der Waals surface area (Å²) in [6.45, 7) is -1.60. The van der Waals surface area contributed by atoms with Gasteiger partial charge in [-0.1, -0.05) is 0 Å². The number of rotatable bonds is 13. The van der Waals surface area contributed by atoms with Gasteiger partial charge in [0, 0.05) is 18.3 Å². The number of esters is 4. The second-order valence-electron chi connectivity index (χ2n) is 7.21. The summed E-state index contributed by atoms with van der Waals surface area (Å²) in [5.74, 6) is -1.65. The lowest BCUT2D eigenvalue weighted by molar-refractivity contribution is -0.144. The minimum absolute atomic E-state index is 0.194. The van der Waals surface area contributed by atoms with Crippen molar-refractivity contribution in [2.24, 2.45) is 0 Å². The van der Waals surface area contributed by atoms with E-state index in [4.69, 9.17) is 28.4 Å². The molecule has 0 aliphatic carbocycles. The molecule has 0 aliphatic heterocycles. The van der Waals surface area contributed by atoms with Crippen molar-refractivity contribution in [3.8, 4) is 34.1 Å². The number of methoxy groups -OCH3 is 4. The summed E-state index contributed by atoms with van der Waals surface area (Å²) in [5.41, 5.74) is 1.37. The molecule has 2 aromatic rings. The molecule has 0 unspecified atom stereocenters. The predicted molar refractivity (Wildman–Crippen MR) is 173 cm³/mol. The van der Waals surface area contributed by atoms with Crippen molar-refractivity contribution in [3.63, 3.8) is 0 Å². The molecule has 12 nitrogen and oxygen atoms in total. The fourth-order valence-electron chi connectivity index (χ4n) is 2.87. The lowest BCUT2D eigenvalue weighted by Gasteiger charge is -2.21. The zero-order valence-corrected chi connectivity index (χ0v) is 30.0. The minimum Gasteiger partial charge on any atom is -0.478 e. The number of halogens is 4. The molecule has 2 aromatic carbocycles. The third-order valence-electron chi connectivity index (χ3n) is 4.80. The van der Waals surface area contributed by atoms with E-state index in [-0.39, 0.29) is 36.2 Å². The van der Waals surface area contributed by atoms with E-state index in [0.29, 0.717) is 25.4 Å². The number of benzene rings is 2. The van der Waals surface area contributed by atoms with Crippen LogP contribution in [0, 0.1) is 14.3 Å². The van der Waals surface area contributed by atoms with Crippen LogP contribution in [0.3, 0.4) is 0 Å². The molecule has 0 fully saturated rings. The summed E-state index contributed by atoms with van der Waals surface area (Å²) in [5, 5.41) is 0. The van der Waals surface area contributed by atoms with Crippen molar-refractivity contribution < 1.29 is 57.1 Å². The van der Waals surface area contributed by atoms with E-state index in [1.807, 2.05) is 0 Å². The van der Waals surface area contributed by atoms with Gasteiger partial charge in [-0.3, -0.25) is 0 Å². The molecule has 16 heteroatoms. The lowest BCUT2D eigenvalue weighted by atomic mass is 10.0. The Morgan fingerprint density at radius 2 is 0.800 bits per heavy atom. The van der Waals surface area contributed by atoms with Crippen molar-refractivity contribution in [2.45, 2.75) is 0 Å². The predicted octanol–water partition coefficient (Wildman–Crippen LogP) is 3.98. The van der Waals surface area contributed by atoms with E-state index in [1.54, 1.807) is 12.1 Å². The van der Waals surface area contributed by atoms with Gasteiger partial charge in [0.2, 0.25) is 0 Å². The molecule has 0 radical (unpaired) electrons. The molecule has 0 saturated carbocycles. The monoisotopic (exact) mass is 1010 g/mol. The standard InChI is InChI=1S/C24H22I4O12/c1-33-15(29)7-37-13-5-11(25)19(21(27)23(13)39-9-17(31)35-3)20-12(26)6-14(38-8-16(30)34-2)24(22(20)28)40-10-18(32)36-4/h5-6H,7-10H2,1-4H3. The normalized spacial score (nSPS) is 10.3. The Labute approximate surface area is 283 Å². The number of ether oxygens (including phenoxy) is 8. The summed E-state index contributed by atoms with van der Waals surface area (Å²) >= 11 is 8.32. The fourth-order valence-corrected chi connectivity index (χ4v) is 7.51. The van der Waals surface area contributed by atoms with E-state index in [0.717, 1.165) is 0 Å². The highest BCUT2D eigenvalue weighted by atomic mass is 127. The molecular weight excluding hydrogens is 988 g/mol. The Bertz CT molecular complexity index is 1180. The van der Waals surface area contributed by atoms with Gasteiger partial charge in [0.15, 0.2) is 49.4 Å². The summed E-state index contributed by atoms with van der Waals surface area (Å²) in [4.78, 5) is 47.1. The first-order valence-corrected chi connectivity index (χ1v) is 15.1. The lowest BCUT2D eigenvalue weighted by Crippen LogP contribution is -2.17. The zero-order valence-electron chi connectivity index (χ0n) is 21.4. The van der Waals surface area contributed by atoms with Crippen LogP contribution in [0.25, 0.3) is 11.1 Å². The van der Waals surface area contributed by atoms with Crippen LogP contribution in [0.5, 0.6) is 23.0 Å². The van der Waals surface area contributed by atoms with Crippen LogP contribution in [0.4, 0.5) is 0 Å². The zero-order chi connectivity index (χ0) is 30.0. The fraction of sp³-hybridized carbons (Fsp3) is 0.333. The van der Waals surface area contributed by atoms with Gasteiger partial charge in [0.25, 0.3) is 0 Å². The average Bonchev–Trinajstić information content (AvgIpc) is 2.94. The number of hydrogen-bond acceptors (Lipinski definition) is 12. The van der Waals surface area contributed by atoms with Crippen molar-refractivity contribution in [3.05, 3.63) is 26.4 Å². The van der Waals surface area contributed by atoms with Crippen LogP contribution in [0.1, 0.15) is 0 Å². The molecule has 0 saturated heterocycles. The largest absolute Gasteiger partial charge is 0.478 e. The molecule has 218 valence electrons. The summed E-state index contributed by atoms with van der Waals surface area (Å²) < 4.78 is 44.0. The SMILES string of the molecule is COC(=O)COc1cc(I)c(-c2c(I)cc(OCC(=O)OC)c(OCC(=O)OC)c2I)c(I)c1OCC(=O)OC. The van der Waals surface area contributed by atoms with Crippen molar-refractivity contribution >= 4 is 114 Å². The Morgan fingerprint density at radius 3 is 1.07 bits per heavy atom. The van der Waals surface area contributed by atoms with Crippen LogP contribution in [-0.4, -0.2) is 78.7 Å². The van der Waals surface area contributed by atoms with Crippen molar-refractivity contribution in [1.82, 2.24) is 0 Å². The molecule has 40 heavy (non-hydrogen) atoms. The maximum Gasteiger partial charge on any atom is 0.343 e. The molecule has 0 heterocycles. The van der Waals surface area contributed by atoms with Crippen LogP contribution in [0.2, 0.25) is 0 Å². The van der Waals surface area contributed by atoms with E-state index in [2.05, 4.69) is 99.8 Å². The van der Waals surface area contributed by atoms with E-state index in [9.17, 15) is 19.2 Å². The van der Waals surface area contributed by atoms with Gasteiger partial charge < -0.3 is 37.9 Å². The Balaban J connectivity index is 2.73. The molecule has 0 atom stereocenters. The molecular formula is C24H22I4O12. The summed E-state index contributed by atoms with van der Waals surface area (Å²) in [7, 11) is 4.93. The molecule has 0 aromatic heterocycles. The number of hydrogen-bond donors (Lipinski definition) is 0. The maximum atomic E-state index is 11.8. The maximum absolute atomic E-state index is 11.8. The first-order valence-electron chi connectivity index (χ1n) is 10.8. The van der Waals surface area contributed by atoms with Crippen LogP contribution in [0.15, 0.2) is 12.1 Å². The highest BCUT2D eigenvalue weighted by Gasteiger charge is 2.27. The highest BCUT2D eigenvalue weighted by molar-refractivity contribution is 14.1. The second-order valence-corrected chi connectivity index (χ2v) is 11.7. The quantitative estimate of drug-likeness (QED) is 0.163. The molecule has 0 spiro atoms. The third kappa shape index (κ3) is 9.22. The topological polar surface area (TPSA) is 142 Å². The van der Waals surface area contributed by atoms with Crippen LogP contribution < -0.4 is 18.9 Å². The van der Waals surface area contributed by atoms with Crippen molar-refractivity contribution in [2.75, 3.05) is 54.9 Å². The Hall–Kier alpha value is -1.56. The second kappa shape index (κ2) is 16.8. The summed E-state index contributed by atoms with van der Waals surface area (Å²) in [6, 6.07) is 3.30.